The number of carboxylic acids is 1. The maximum absolute atomic E-state index is 11.1. The first kappa shape index (κ1) is 15.5. The molecule has 2 aromatic carbocycles. The first-order valence-electron chi connectivity index (χ1n) is 6.43. The Labute approximate surface area is 125 Å². The van der Waals surface area contributed by atoms with Gasteiger partial charge in [-0.1, -0.05) is 18.2 Å². The van der Waals surface area contributed by atoms with E-state index >= 15 is 0 Å². The number of phenolic OH excluding ortho intramolecular Hbond substituents is 1. The van der Waals surface area contributed by atoms with Gasteiger partial charge in [-0.15, -0.1) is 0 Å². The van der Waals surface area contributed by atoms with Gasteiger partial charge in [-0.05, 0) is 35.7 Å². The van der Waals surface area contributed by atoms with E-state index in [1.807, 2.05) is 0 Å². The molecule has 4 N–H and O–H groups in total. The number of carbonyl (C=O) groups is 1. The molecular formula is C15H14N2O5. The first-order valence-corrected chi connectivity index (χ1v) is 6.43. The maximum atomic E-state index is 11.1. The highest BCUT2D eigenvalue weighted by Crippen LogP contribution is 2.32. The van der Waals surface area contributed by atoms with Crippen molar-refractivity contribution in [3.8, 4) is 16.9 Å². The highest BCUT2D eigenvalue weighted by Gasteiger charge is 2.18. The van der Waals surface area contributed by atoms with Gasteiger partial charge in [0.2, 0.25) is 0 Å². The predicted molar refractivity (Wildman–Crippen MR) is 79.5 cm³/mol. The van der Waals surface area contributed by atoms with Crippen LogP contribution >= 0.6 is 0 Å². The third-order valence-electron chi connectivity index (χ3n) is 3.21. The number of nitrogens with two attached hydrogens (primary N) is 1. The molecule has 114 valence electrons. The second-order valence-corrected chi connectivity index (χ2v) is 4.80. The van der Waals surface area contributed by atoms with Crippen LogP contribution in [-0.4, -0.2) is 27.1 Å². The zero-order chi connectivity index (χ0) is 16.3. The van der Waals surface area contributed by atoms with Gasteiger partial charge in [0.15, 0.2) is 0 Å². The summed E-state index contributed by atoms with van der Waals surface area (Å²) in [6, 6.07) is 9.25. The summed E-state index contributed by atoms with van der Waals surface area (Å²) in [5, 5.41) is 29.3. The summed E-state index contributed by atoms with van der Waals surface area (Å²) in [6.07, 6.45) is 0.0679. The second-order valence-electron chi connectivity index (χ2n) is 4.80. The van der Waals surface area contributed by atoms with E-state index in [2.05, 4.69) is 0 Å². The number of aromatic hydroxyl groups is 1. The average molecular weight is 302 g/mol. The lowest BCUT2D eigenvalue weighted by atomic mass is 9.98. The smallest absolute Gasteiger partial charge is 0.320 e. The van der Waals surface area contributed by atoms with Crippen LogP contribution in [0, 0.1) is 10.1 Å². The lowest BCUT2D eigenvalue weighted by Crippen LogP contribution is -2.32. The molecule has 7 heteroatoms. The molecule has 2 rings (SSSR count). The second kappa shape index (κ2) is 6.23. The largest absolute Gasteiger partial charge is 0.508 e. The Morgan fingerprint density at radius 2 is 1.86 bits per heavy atom. The number of carboxylic acid groups (broad SMARTS) is 1. The summed E-state index contributed by atoms with van der Waals surface area (Å²) in [5.74, 6) is -1.08. The van der Waals surface area contributed by atoms with Crippen molar-refractivity contribution in [2.45, 2.75) is 12.5 Å². The molecule has 0 saturated carbocycles. The Morgan fingerprint density at radius 1 is 1.23 bits per heavy atom. The van der Waals surface area contributed by atoms with Crippen LogP contribution in [0.15, 0.2) is 42.5 Å². The van der Waals surface area contributed by atoms with Crippen LogP contribution in [0.5, 0.6) is 5.75 Å². The summed E-state index contributed by atoms with van der Waals surface area (Å²) in [7, 11) is 0. The fourth-order valence-corrected chi connectivity index (χ4v) is 2.08. The van der Waals surface area contributed by atoms with E-state index in [4.69, 9.17) is 10.8 Å². The van der Waals surface area contributed by atoms with E-state index < -0.39 is 16.9 Å². The van der Waals surface area contributed by atoms with Crippen LogP contribution < -0.4 is 5.73 Å². The van der Waals surface area contributed by atoms with Gasteiger partial charge in [-0.2, -0.15) is 0 Å². The van der Waals surface area contributed by atoms with Crippen molar-refractivity contribution in [1.29, 1.82) is 0 Å². The van der Waals surface area contributed by atoms with Crippen LogP contribution in [-0.2, 0) is 11.2 Å². The minimum atomic E-state index is -1.13. The average Bonchev–Trinajstić information content (AvgIpc) is 2.47. The van der Waals surface area contributed by atoms with E-state index in [1.54, 1.807) is 18.2 Å². The van der Waals surface area contributed by atoms with Gasteiger partial charge < -0.3 is 15.9 Å². The third-order valence-corrected chi connectivity index (χ3v) is 3.21. The fraction of sp³-hybridized carbons (Fsp3) is 0.133. The van der Waals surface area contributed by atoms with Crippen molar-refractivity contribution in [2.24, 2.45) is 5.73 Å². The van der Waals surface area contributed by atoms with Crippen molar-refractivity contribution < 1.29 is 19.9 Å². The molecule has 0 bridgehead atoms. The molecule has 0 amide bonds. The van der Waals surface area contributed by atoms with E-state index in [0.717, 1.165) is 0 Å². The molecule has 2 aromatic rings. The fourth-order valence-electron chi connectivity index (χ4n) is 2.08. The molecule has 7 nitrogen and oxygen atoms in total. The molecule has 1 atom stereocenters. The highest BCUT2D eigenvalue weighted by molar-refractivity contribution is 5.76. The zero-order valence-electron chi connectivity index (χ0n) is 11.5. The summed E-state index contributed by atoms with van der Waals surface area (Å²) in [6.45, 7) is 0. The Bertz CT molecular complexity index is 712. The van der Waals surface area contributed by atoms with E-state index in [0.29, 0.717) is 16.7 Å². The normalized spacial score (nSPS) is 11.9. The van der Waals surface area contributed by atoms with Crippen LogP contribution in [0.3, 0.4) is 0 Å². The molecule has 0 aliphatic heterocycles. The number of hydrogen-bond donors (Lipinski definition) is 3. The van der Waals surface area contributed by atoms with Crippen LogP contribution in [0.25, 0.3) is 11.1 Å². The van der Waals surface area contributed by atoms with Gasteiger partial charge in [0.1, 0.15) is 11.8 Å². The number of phenols is 1. The summed E-state index contributed by atoms with van der Waals surface area (Å²) in [4.78, 5) is 21.4. The first-order chi connectivity index (χ1) is 10.4. The van der Waals surface area contributed by atoms with Crippen molar-refractivity contribution in [2.75, 3.05) is 0 Å². The lowest BCUT2D eigenvalue weighted by Gasteiger charge is -2.09. The minimum Gasteiger partial charge on any atom is -0.508 e. The molecule has 0 aromatic heterocycles. The Morgan fingerprint density at radius 3 is 2.41 bits per heavy atom. The standard InChI is InChI=1S/C15H14N2O5/c16-13(15(19)20)8-9-1-6-14(17(21)22)12(7-9)10-2-4-11(18)5-3-10/h1-7,13,18H,8,16H2,(H,19,20). The summed E-state index contributed by atoms with van der Waals surface area (Å²) >= 11 is 0. The van der Waals surface area contributed by atoms with Gasteiger partial charge in [-0.25, -0.2) is 0 Å². The number of nitro benzene ring substituents is 1. The van der Waals surface area contributed by atoms with Gasteiger partial charge in [-0.3, -0.25) is 14.9 Å². The number of benzene rings is 2. The van der Waals surface area contributed by atoms with Gasteiger partial charge >= 0.3 is 5.97 Å². The molecule has 0 saturated heterocycles. The zero-order valence-corrected chi connectivity index (χ0v) is 11.5. The molecule has 0 heterocycles. The Hall–Kier alpha value is -2.93. The summed E-state index contributed by atoms with van der Waals surface area (Å²) in [5.41, 5.74) is 6.87. The molecule has 0 radical (unpaired) electrons. The van der Waals surface area contributed by atoms with Crippen molar-refractivity contribution >= 4 is 11.7 Å². The third kappa shape index (κ3) is 3.39. The molecule has 0 aliphatic carbocycles. The SMILES string of the molecule is NC(Cc1ccc([N+](=O)[O-])c(-c2ccc(O)cc2)c1)C(=O)O. The van der Waals surface area contributed by atoms with Gasteiger partial charge in [0.25, 0.3) is 5.69 Å². The highest BCUT2D eigenvalue weighted by atomic mass is 16.6. The van der Waals surface area contributed by atoms with Crippen molar-refractivity contribution in [1.82, 2.24) is 0 Å². The van der Waals surface area contributed by atoms with Crippen LogP contribution in [0.4, 0.5) is 5.69 Å². The number of nitrogens with zero attached hydrogens (tertiary/aromatic N) is 1. The van der Waals surface area contributed by atoms with Crippen LogP contribution in [0.1, 0.15) is 5.56 Å². The molecule has 22 heavy (non-hydrogen) atoms. The Balaban J connectivity index is 2.46. The topological polar surface area (TPSA) is 127 Å². The monoisotopic (exact) mass is 302 g/mol. The minimum absolute atomic E-state index is 0.0513. The van der Waals surface area contributed by atoms with E-state index in [1.165, 1.54) is 24.3 Å². The van der Waals surface area contributed by atoms with E-state index in [-0.39, 0.29) is 17.9 Å². The predicted octanol–water partition coefficient (Wildman–Crippen LogP) is 1.92. The van der Waals surface area contributed by atoms with Crippen molar-refractivity contribution in [3.05, 3.63) is 58.1 Å². The number of nitro groups is 1. The van der Waals surface area contributed by atoms with Crippen molar-refractivity contribution in [3.63, 3.8) is 0 Å². The van der Waals surface area contributed by atoms with Gasteiger partial charge in [0.05, 0.1) is 10.5 Å². The summed E-state index contributed by atoms with van der Waals surface area (Å²) < 4.78 is 0. The Kier molecular flexibility index (Phi) is 4.38. The number of rotatable bonds is 5. The molecular weight excluding hydrogens is 288 g/mol. The lowest BCUT2D eigenvalue weighted by molar-refractivity contribution is -0.384. The molecule has 0 fully saturated rings. The molecule has 1 unspecified atom stereocenters. The molecule has 0 aliphatic rings. The number of hydrogen-bond acceptors (Lipinski definition) is 5. The number of aliphatic carboxylic acids is 1. The maximum Gasteiger partial charge on any atom is 0.320 e. The van der Waals surface area contributed by atoms with Crippen LogP contribution in [0.2, 0.25) is 0 Å². The van der Waals surface area contributed by atoms with Gasteiger partial charge in [0, 0.05) is 6.07 Å². The quantitative estimate of drug-likeness (QED) is 0.572. The molecule has 0 spiro atoms. The van der Waals surface area contributed by atoms with E-state index in [9.17, 15) is 20.0 Å².